The van der Waals surface area contributed by atoms with Crippen LogP contribution in [0, 0.1) is 0 Å². The van der Waals surface area contributed by atoms with Gasteiger partial charge in [0.05, 0.1) is 25.5 Å². The van der Waals surface area contributed by atoms with Gasteiger partial charge in [0.2, 0.25) is 11.7 Å². The standard InChI is InChI=1S/C25H20ClN3O4/c1-31-21-13-10-17(15-22(21)32-2)24-28-25(33-29-24)19-5-3-4-6-20(19)27-23(30)14-9-16-7-11-18(26)12-8-16/h3-15H,1-2H3,(H,27,30)/b14-9+. The summed E-state index contributed by atoms with van der Waals surface area (Å²) in [4.78, 5) is 17.0. The van der Waals surface area contributed by atoms with E-state index in [9.17, 15) is 4.79 Å². The van der Waals surface area contributed by atoms with E-state index in [4.69, 9.17) is 25.6 Å². The third-order valence-electron chi connectivity index (χ3n) is 4.78. The van der Waals surface area contributed by atoms with Crippen LogP contribution in [0.5, 0.6) is 11.5 Å². The Morgan fingerprint density at radius 2 is 1.76 bits per heavy atom. The number of hydrogen-bond acceptors (Lipinski definition) is 6. The number of carbonyl (C=O) groups is 1. The maximum absolute atomic E-state index is 12.5. The van der Waals surface area contributed by atoms with Crippen molar-refractivity contribution in [3.63, 3.8) is 0 Å². The van der Waals surface area contributed by atoms with Crippen molar-refractivity contribution in [3.8, 4) is 34.3 Å². The van der Waals surface area contributed by atoms with Crippen LogP contribution in [0.25, 0.3) is 28.9 Å². The molecular weight excluding hydrogens is 442 g/mol. The first kappa shape index (κ1) is 22.1. The lowest BCUT2D eigenvalue weighted by atomic mass is 10.1. The first-order valence-electron chi connectivity index (χ1n) is 9.97. The summed E-state index contributed by atoms with van der Waals surface area (Å²) in [6, 6.07) is 19.7. The SMILES string of the molecule is COc1ccc(-c2noc(-c3ccccc3NC(=O)/C=C/c3ccc(Cl)cc3)n2)cc1OC. The molecule has 4 rings (SSSR count). The molecule has 1 heterocycles. The second kappa shape index (κ2) is 10.0. The first-order valence-corrected chi connectivity index (χ1v) is 10.4. The Balaban J connectivity index is 1.55. The second-order valence-corrected chi connectivity index (χ2v) is 7.35. The highest BCUT2D eigenvalue weighted by Gasteiger charge is 2.16. The molecule has 3 aromatic carbocycles. The molecule has 0 atom stereocenters. The van der Waals surface area contributed by atoms with Crippen LogP contribution in [-0.4, -0.2) is 30.3 Å². The molecular formula is C25H20ClN3O4. The van der Waals surface area contributed by atoms with Gasteiger partial charge in [0.15, 0.2) is 11.5 Å². The zero-order valence-electron chi connectivity index (χ0n) is 17.9. The fourth-order valence-corrected chi connectivity index (χ4v) is 3.25. The molecule has 1 amide bonds. The average Bonchev–Trinajstić information content (AvgIpc) is 3.33. The van der Waals surface area contributed by atoms with E-state index in [-0.39, 0.29) is 11.8 Å². The summed E-state index contributed by atoms with van der Waals surface area (Å²) >= 11 is 5.89. The summed E-state index contributed by atoms with van der Waals surface area (Å²) in [5.41, 5.74) is 2.71. The molecule has 1 N–H and O–H groups in total. The summed E-state index contributed by atoms with van der Waals surface area (Å²) in [6.45, 7) is 0. The van der Waals surface area contributed by atoms with Gasteiger partial charge in [-0.15, -0.1) is 0 Å². The number of anilines is 1. The lowest BCUT2D eigenvalue weighted by molar-refractivity contribution is -0.111. The molecule has 0 saturated heterocycles. The van der Waals surface area contributed by atoms with E-state index in [1.54, 1.807) is 56.7 Å². The Kier molecular flexibility index (Phi) is 6.71. The number of carbonyl (C=O) groups excluding carboxylic acids is 1. The number of benzene rings is 3. The Morgan fingerprint density at radius 1 is 1.00 bits per heavy atom. The smallest absolute Gasteiger partial charge is 0.260 e. The molecule has 7 nitrogen and oxygen atoms in total. The largest absolute Gasteiger partial charge is 0.493 e. The van der Waals surface area contributed by atoms with Crippen LogP contribution >= 0.6 is 11.6 Å². The average molecular weight is 462 g/mol. The van der Waals surface area contributed by atoms with Crippen LogP contribution in [-0.2, 0) is 4.79 Å². The van der Waals surface area contributed by atoms with Crippen molar-refractivity contribution in [1.29, 1.82) is 0 Å². The van der Waals surface area contributed by atoms with Gasteiger partial charge in [-0.05, 0) is 54.1 Å². The molecule has 1 aromatic heterocycles. The molecule has 0 radical (unpaired) electrons. The van der Waals surface area contributed by atoms with E-state index < -0.39 is 0 Å². The van der Waals surface area contributed by atoms with Crippen LogP contribution < -0.4 is 14.8 Å². The molecule has 0 aliphatic heterocycles. The number of aromatic nitrogens is 2. The highest BCUT2D eigenvalue weighted by Crippen LogP contribution is 2.33. The molecule has 33 heavy (non-hydrogen) atoms. The third kappa shape index (κ3) is 5.22. The van der Waals surface area contributed by atoms with Gasteiger partial charge in [-0.1, -0.05) is 41.0 Å². The number of amides is 1. The summed E-state index contributed by atoms with van der Waals surface area (Å²) < 4.78 is 16.1. The zero-order chi connectivity index (χ0) is 23.2. The quantitative estimate of drug-likeness (QED) is 0.354. The molecule has 0 spiro atoms. The van der Waals surface area contributed by atoms with Crippen molar-refractivity contribution in [1.82, 2.24) is 10.1 Å². The molecule has 4 aromatic rings. The number of nitrogens with zero attached hydrogens (tertiary/aromatic N) is 2. The van der Waals surface area contributed by atoms with E-state index in [1.165, 1.54) is 6.08 Å². The number of hydrogen-bond donors (Lipinski definition) is 1. The molecule has 0 fully saturated rings. The van der Waals surface area contributed by atoms with Crippen molar-refractivity contribution in [3.05, 3.63) is 83.4 Å². The minimum absolute atomic E-state index is 0.275. The van der Waals surface area contributed by atoms with E-state index in [2.05, 4.69) is 15.5 Å². The van der Waals surface area contributed by atoms with Gasteiger partial charge in [-0.25, -0.2) is 0 Å². The first-order chi connectivity index (χ1) is 16.1. The number of nitrogens with one attached hydrogen (secondary N) is 1. The van der Waals surface area contributed by atoms with Crippen molar-refractivity contribution >= 4 is 29.3 Å². The van der Waals surface area contributed by atoms with Gasteiger partial charge in [0.1, 0.15) is 0 Å². The van der Waals surface area contributed by atoms with Crippen LogP contribution in [0.1, 0.15) is 5.56 Å². The number of methoxy groups -OCH3 is 2. The predicted molar refractivity (Wildman–Crippen MR) is 127 cm³/mol. The van der Waals surface area contributed by atoms with Crippen molar-refractivity contribution in [2.75, 3.05) is 19.5 Å². The van der Waals surface area contributed by atoms with E-state index in [0.717, 1.165) is 5.56 Å². The Hall–Kier alpha value is -4.10. The fourth-order valence-electron chi connectivity index (χ4n) is 3.12. The minimum Gasteiger partial charge on any atom is -0.493 e. The van der Waals surface area contributed by atoms with Gasteiger partial charge in [-0.3, -0.25) is 4.79 Å². The van der Waals surface area contributed by atoms with Crippen molar-refractivity contribution in [2.24, 2.45) is 0 Å². The number of para-hydroxylation sites is 1. The Labute approximate surface area is 195 Å². The van der Waals surface area contributed by atoms with Gasteiger partial charge in [-0.2, -0.15) is 4.98 Å². The topological polar surface area (TPSA) is 86.5 Å². The zero-order valence-corrected chi connectivity index (χ0v) is 18.7. The number of rotatable bonds is 7. The molecule has 0 bridgehead atoms. The lowest BCUT2D eigenvalue weighted by Gasteiger charge is -2.07. The van der Waals surface area contributed by atoms with E-state index in [1.807, 2.05) is 30.3 Å². The normalized spacial score (nSPS) is 10.9. The third-order valence-corrected chi connectivity index (χ3v) is 5.03. The van der Waals surface area contributed by atoms with Crippen LogP contribution in [0.4, 0.5) is 5.69 Å². The maximum atomic E-state index is 12.5. The van der Waals surface area contributed by atoms with Crippen molar-refractivity contribution in [2.45, 2.75) is 0 Å². The van der Waals surface area contributed by atoms with E-state index in [0.29, 0.717) is 39.2 Å². The van der Waals surface area contributed by atoms with Crippen LogP contribution in [0.3, 0.4) is 0 Å². The van der Waals surface area contributed by atoms with Gasteiger partial charge in [0.25, 0.3) is 5.89 Å². The summed E-state index contributed by atoms with van der Waals surface area (Å²) in [6.07, 6.45) is 3.15. The monoisotopic (exact) mass is 461 g/mol. The minimum atomic E-state index is -0.294. The van der Waals surface area contributed by atoms with Gasteiger partial charge < -0.3 is 19.3 Å². The van der Waals surface area contributed by atoms with Gasteiger partial charge in [0, 0.05) is 16.7 Å². The Morgan fingerprint density at radius 3 is 2.52 bits per heavy atom. The predicted octanol–water partition coefficient (Wildman–Crippen LogP) is 5.73. The van der Waals surface area contributed by atoms with Crippen LogP contribution in [0.2, 0.25) is 5.02 Å². The summed E-state index contributed by atoms with van der Waals surface area (Å²) in [5, 5.41) is 7.57. The van der Waals surface area contributed by atoms with Crippen LogP contribution in [0.15, 0.2) is 77.3 Å². The van der Waals surface area contributed by atoms with Crippen molar-refractivity contribution < 1.29 is 18.8 Å². The molecule has 0 unspecified atom stereocenters. The summed E-state index contributed by atoms with van der Waals surface area (Å²) in [5.74, 6) is 1.52. The fraction of sp³-hybridized carbons (Fsp3) is 0.0800. The van der Waals surface area contributed by atoms with E-state index >= 15 is 0 Å². The second-order valence-electron chi connectivity index (χ2n) is 6.91. The molecule has 0 saturated carbocycles. The number of halogens is 1. The summed E-state index contributed by atoms with van der Waals surface area (Å²) in [7, 11) is 3.13. The number of ether oxygens (including phenoxy) is 2. The molecule has 166 valence electrons. The molecule has 8 heteroatoms. The highest BCUT2D eigenvalue weighted by atomic mass is 35.5. The molecule has 0 aliphatic rings. The van der Waals surface area contributed by atoms with Gasteiger partial charge >= 0.3 is 0 Å². The lowest BCUT2D eigenvalue weighted by Crippen LogP contribution is -2.08. The molecule has 0 aliphatic carbocycles. The highest BCUT2D eigenvalue weighted by molar-refractivity contribution is 6.30. The Bertz CT molecular complexity index is 1300. The maximum Gasteiger partial charge on any atom is 0.260 e.